The summed E-state index contributed by atoms with van der Waals surface area (Å²) in [5.41, 5.74) is 1.25. The number of carbonyl (C=O) groups excluding carboxylic acids is 4. The van der Waals surface area contributed by atoms with Crippen LogP contribution in [0.4, 0.5) is 0 Å². The predicted octanol–water partition coefficient (Wildman–Crippen LogP) is 2.24. The summed E-state index contributed by atoms with van der Waals surface area (Å²) in [5.74, 6) is -1.16. The van der Waals surface area contributed by atoms with E-state index in [0.29, 0.717) is 38.5 Å². The number of nitrogens with zero attached hydrogens (tertiary/aromatic N) is 3. The quantitative estimate of drug-likeness (QED) is 0.218. The molecule has 0 unspecified atom stereocenters. The molecule has 0 saturated carbocycles. The second kappa shape index (κ2) is 17.6. The topological polar surface area (TPSA) is 168 Å². The van der Waals surface area contributed by atoms with E-state index < -0.39 is 35.4 Å². The molecule has 4 heterocycles. The number of rotatable bonds is 14. The van der Waals surface area contributed by atoms with Gasteiger partial charge < -0.3 is 29.9 Å². The molecule has 0 radical (unpaired) electrons. The molecule has 13 nitrogen and oxygen atoms in total. The van der Waals surface area contributed by atoms with Gasteiger partial charge in [0.2, 0.25) is 11.8 Å². The number of ketones is 1. The lowest BCUT2D eigenvalue weighted by molar-refractivity contribution is -0.131. The van der Waals surface area contributed by atoms with Gasteiger partial charge in [0.1, 0.15) is 11.6 Å². The lowest BCUT2D eigenvalue weighted by Crippen LogP contribution is -2.52. The monoisotopic (exact) mass is 662 g/mol. The maximum Gasteiger partial charge on any atom is 0.274 e. The summed E-state index contributed by atoms with van der Waals surface area (Å²) in [4.78, 5) is 57.9. The van der Waals surface area contributed by atoms with Crippen LogP contribution in [0.1, 0.15) is 54.6 Å². The molecule has 1 aromatic carbocycles. The van der Waals surface area contributed by atoms with Crippen LogP contribution >= 0.6 is 0 Å². The van der Waals surface area contributed by atoms with Crippen molar-refractivity contribution in [1.29, 1.82) is 0 Å². The fraction of sp³-hybridized carbons (Fsp3) is 0.486. The summed E-state index contributed by atoms with van der Waals surface area (Å²) < 4.78 is 16.0. The Bertz CT molecular complexity index is 1490. The third-order valence-electron chi connectivity index (χ3n) is 7.91. The summed E-state index contributed by atoms with van der Waals surface area (Å²) in [6, 6.07) is 13.5. The van der Waals surface area contributed by atoms with E-state index in [0.717, 1.165) is 18.7 Å². The van der Waals surface area contributed by atoms with Gasteiger partial charge in [-0.2, -0.15) is 0 Å². The van der Waals surface area contributed by atoms with Gasteiger partial charge in [0.05, 0.1) is 39.0 Å². The van der Waals surface area contributed by atoms with Crippen molar-refractivity contribution in [3.63, 3.8) is 0 Å². The van der Waals surface area contributed by atoms with Crippen LogP contribution in [0.2, 0.25) is 0 Å². The highest BCUT2D eigenvalue weighted by molar-refractivity contribution is 5.98. The molecule has 2 saturated heterocycles. The van der Waals surface area contributed by atoms with E-state index >= 15 is 0 Å². The average Bonchev–Trinajstić information content (AvgIpc) is 3.66. The summed E-state index contributed by atoms with van der Waals surface area (Å²) in [6.07, 6.45) is 3.78. The van der Waals surface area contributed by atoms with Gasteiger partial charge in [-0.25, -0.2) is 0 Å². The van der Waals surface area contributed by atoms with E-state index in [1.54, 1.807) is 37.5 Å². The van der Waals surface area contributed by atoms with Crippen LogP contribution in [0.3, 0.4) is 0 Å². The average molecular weight is 663 g/mol. The number of Topliss-reactive ketones (excluding diaryl/α,β-unsaturated/α-hetero) is 1. The third-order valence-corrected chi connectivity index (χ3v) is 7.91. The number of amides is 3. The van der Waals surface area contributed by atoms with Crippen molar-refractivity contribution in [2.75, 3.05) is 39.5 Å². The lowest BCUT2D eigenvalue weighted by Gasteiger charge is -2.25. The van der Waals surface area contributed by atoms with Crippen LogP contribution in [-0.2, 0) is 36.8 Å². The largest absolute Gasteiger partial charge is 0.379 e. The zero-order chi connectivity index (χ0) is 34.5. The van der Waals surface area contributed by atoms with Gasteiger partial charge in [-0.05, 0) is 43.9 Å². The van der Waals surface area contributed by atoms with Crippen molar-refractivity contribution >= 4 is 23.5 Å². The molecule has 2 aliphatic rings. The molecule has 3 atom stereocenters. The van der Waals surface area contributed by atoms with Crippen LogP contribution in [0.25, 0.3) is 0 Å². The van der Waals surface area contributed by atoms with Crippen LogP contribution in [0.15, 0.2) is 65.4 Å². The molecule has 0 bridgehead atoms. The van der Waals surface area contributed by atoms with Gasteiger partial charge in [-0.3, -0.25) is 29.1 Å². The molecule has 0 aliphatic carbocycles. The molecular weight excluding hydrogens is 616 g/mol. The molecule has 258 valence electrons. The van der Waals surface area contributed by atoms with E-state index in [-0.39, 0.29) is 30.4 Å². The number of nitrogens with one attached hydrogen (secondary N) is 3. The van der Waals surface area contributed by atoms with Crippen LogP contribution in [-0.4, -0.2) is 95.7 Å². The van der Waals surface area contributed by atoms with E-state index in [4.69, 9.17) is 14.0 Å². The fourth-order valence-electron chi connectivity index (χ4n) is 5.06. The first kappa shape index (κ1) is 36.4. The van der Waals surface area contributed by atoms with Crippen molar-refractivity contribution in [3.8, 4) is 0 Å². The first-order valence-corrected chi connectivity index (χ1v) is 16.2. The molecule has 2 aromatic heterocycles. The number of benzene rings is 1. The van der Waals surface area contributed by atoms with Crippen LogP contribution < -0.4 is 16.0 Å². The van der Waals surface area contributed by atoms with Crippen molar-refractivity contribution in [2.24, 2.45) is 5.92 Å². The number of ether oxygens (including phenoxy) is 2. The van der Waals surface area contributed by atoms with Gasteiger partial charge in [-0.1, -0.05) is 54.9 Å². The van der Waals surface area contributed by atoms with E-state index in [9.17, 15) is 19.2 Å². The minimum Gasteiger partial charge on any atom is -0.379 e. The Balaban J connectivity index is 0.000000659. The third kappa shape index (κ3) is 11.7. The highest BCUT2D eigenvalue weighted by atomic mass is 16.6. The minimum absolute atomic E-state index is 0.0457. The number of aromatic nitrogens is 2. The number of hydrogen-bond donors (Lipinski definition) is 3. The highest BCUT2D eigenvalue weighted by Gasteiger charge is 2.50. The second-order valence-corrected chi connectivity index (χ2v) is 12.7. The Morgan fingerprint density at radius 1 is 0.979 bits per heavy atom. The number of epoxide rings is 1. The van der Waals surface area contributed by atoms with E-state index in [1.165, 1.54) is 5.56 Å². The molecule has 48 heavy (non-hydrogen) atoms. The van der Waals surface area contributed by atoms with E-state index in [1.807, 2.05) is 32.0 Å². The summed E-state index contributed by atoms with van der Waals surface area (Å²) >= 11 is 0. The number of aryl methyl sites for hydroxylation is 1. The Labute approximate surface area is 281 Å². The van der Waals surface area contributed by atoms with Crippen LogP contribution in [0.5, 0.6) is 0 Å². The first-order chi connectivity index (χ1) is 23.0. The maximum absolute atomic E-state index is 13.2. The Morgan fingerprint density at radius 2 is 1.67 bits per heavy atom. The Hall–Kier alpha value is -4.46. The Morgan fingerprint density at radius 3 is 2.27 bits per heavy atom. The summed E-state index contributed by atoms with van der Waals surface area (Å²) in [6.45, 7) is 10.9. The highest BCUT2D eigenvalue weighted by Crippen LogP contribution is 2.29. The van der Waals surface area contributed by atoms with Gasteiger partial charge in [-0.15, -0.1) is 0 Å². The number of hydrogen-bond acceptors (Lipinski definition) is 10. The molecule has 5 rings (SSSR count). The standard InChI is InChI=1S/C28H38N6O7.C7H8/c1-18(2)12-21(25(36)28(3)17-40-28)31-24(35)15-30-26(37)22(13-19-4-6-29-7-5-19)32-27(38)23-14-20(41-33-23)16-34-8-10-39-11-9-34;1-7-5-3-2-4-6-7/h4-7,14,18,21-22H,8-13,15-17H2,1-3H3,(H,30,37)(H,31,35)(H,32,38);2-6H,1H3/t21-,22-,28+;/m0./s1. The summed E-state index contributed by atoms with van der Waals surface area (Å²) in [7, 11) is 0. The molecule has 0 spiro atoms. The molecule has 3 amide bonds. The SMILES string of the molecule is CC(C)C[C@H](NC(=O)CNC(=O)[C@H](Cc1ccncc1)NC(=O)c1cc(CN2CCOCC2)on1)C(=O)[C@@]1(C)CO1.Cc1ccccc1. The Kier molecular flexibility index (Phi) is 13.4. The van der Waals surface area contributed by atoms with Crippen molar-refractivity contribution in [3.05, 3.63) is 83.5 Å². The van der Waals surface area contributed by atoms with E-state index in [2.05, 4.69) is 50.0 Å². The summed E-state index contributed by atoms with van der Waals surface area (Å²) in [5, 5.41) is 11.9. The lowest BCUT2D eigenvalue weighted by atomic mass is 9.93. The van der Waals surface area contributed by atoms with Gasteiger partial charge in [0.25, 0.3) is 5.91 Å². The molecular formula is C35H46N6O7. The second-order valence-electron chi connectivity index (χ2n) is 12.7. The first-order valence-electron chi connectivity index (χ1n) is 16.2. The van der Waals surface area contributed by atoms with Gasteiger partial charge >= 0.3 is 0 Å². The zero-order valence-corrected chi connectivity index (χ0v) is 28.1. The molecule has 2 aliphatic heterocycles. The minimum atomic E-state index is -1.01. The van der Waals surface area contributed by atoms with Crippen molar-refractivity contribution in [2.45, 2.75) is 64.8 Å². The molecule has 2 fully saturated rings. The van der Waals surface area contributed by atoms with Crippen molar-refractivity contribution < 1.29 is 33.2 Å². The molecule has 3 aromatic rings. The van der Waals surface area contributed by atoms with Gasteiger partial charge in [0.15, 0.2) is 17.2 Å². The number of carbonyl (C=O) groups is 4. The molecule has 13 heteroatoms. The zero-order valence-electron chi connectivity index (χ0n) is 28.1. The van der Waals surface area contributed by atoms with Crippen LogP contribution in [0, 0.1) is 12.8 Å². The van der Waals surface area contributed by atoms with Crippen molar-refractivity contribution in [1.82, 2.24) is 31.0 Å². The maximum atomic E-state index is 13.2. The molecule has 3 N–H and O–H groups in total. The normalized spacial score (nSPS) is 18.5. The predicted molar refractivity (Wildman–Crippen MR) is 177 cm³/mol. The fourth-order valence-corrected chi connectivity index (χ4v) is 5.06. The van der Waals surface area contributed by atoms with Gasteiger partial charge in [0, 0.05) is 38.0 Å². The number of pyridine rings is 1. The smallest absolute Gasteiger partial charge is 0.274 e. The number of morpholine rings is 1.